The van der Waals surface area contributed by atoms with E-state index in [1.807, 2.05) is 17.9 Å². The molecule has 1 saturated heterocycles. The fourth-order valence-electron chi connectivity index (χ4n) is 4.79. The highest BCUT2D eigenvalue weighted by atomic mass is 16.5. The topological polar surface area (TPSA) is 70.2 Å². The molecule has 0 saturated carbocycles. The summed E-state index contributed by atoms with van der Waals surface area (Å²) in [5.74, 6) is -0.252. The van der Waals surface area contributed by atoms with E-state index >= 15 is 0 Å². The Morgan fingerprint density at radius 2 is 1.56 bits per heavy atom. The van der Waals surface area contributed by atoms with E-state index in [1.54, 1.807) is 42.5 Å². The van der Waals surface area contributed by atoms with Gasteiger partial charge in [-0.1, -0.05) is 24.3 Å². The van der Waals surface area contributed by atoms with Crippen molar-refractivity contribution in [3.05, 3.63) is 94.5 Å². The summed E-state index contributed by atoms with van der Waals surface area (Å²) in [4.78, 5) is 44.7. The van der Waals surface area contributed by atoms with Crippen molar-refractivity contribution in [2.24, 2.45) is 0 Å². The minimum atomic E-state index is -0.420. The first-order chi connectivity index (χ1) is 17.5. The number of hydrogen-bond donors (Lipinski definition) is 0. The molecule has 5 rings (SSSR count). The van der Waals surface area contributed by atoms with Crippen LogP contribution in [0, 0.1) is 6.92 Å². The molecule has 7 nitrogen and oxygen atoms in total. The van der Waals surface area contributed by atoms with Gasteiger partial charge in [0.25, 0.3) is 17.7 Å². The number of amides is 3. The monoisotopic (exact) mass is 483 g/mol. The van der Waals surface area contributed by atoms with Crippen molar-refractivity contribution < 1.29 is 19.1 Å². The highest BCUT2D eigenvalue weighted by molar-refractivity contribution is 6.34. The number of piperazine rings is 1. The number of rotatable bonds is 6. The van der Waals surface area contributed by atoms with Crippen LogP contribution in [0.15, 0.2) is 66.7 Å². The van der Waals surface area contributed by atoms with Crippen LogP contribution in [0.4, 0.5) is 5.69 Å². The van der Waals surface area contributed by atoms with Crippen LogP contribution in [0.1, 0.15) is 49.1 Å². The summed E-state index contributed by atoms with van der Waals surface area (Å²) in [7, 11) is 0. The summed E-state index contributed by atoms with van der Waals surface area (Å²) in [5.41, 5.74) is 4.05. The first kappa shape index (κ1) is 23.8. The Morgan fingerprint density at radius 3 is 2.25 bits per heavy atom. The van der Waals surface area contributed by atoms with Crippen molar-refractivity contribution in [2.75, 3.05) is 37.7 Å². The predicted octanol–water partition coefficient (Wildman–Crippen LogP) is 4.15. The summed E-state index contributed by atoms with van der Waals surface area (Å²) in [6.07, 6.45) is 0. The second-order valence-corrected chi connectivity index (χ2v) is 9.13. The molecule has 0 unspecified atom stereocenters. The van der Waals surface area contributed by atoms with Gasteiger partial charge in [-0.25, -0.2) is 4.90 Å². The molecule has 184 valence electrons. The molecule has 0 bridgehead atoms. The van der Waals surface area contributed by atoms with Crippen LogP contribution in [0.2, 0.25) is 0 Å². The Kier molecular flexibility index (Phi) is 6.57. The lowest BCUT2D eigenvalue weighted by Gasteiger charge is -2.35. The fraction of sp³-hybridized carbons (Fsp3) is 0.276. The molecule has 2 aliphatic rings. The summed E-state index contributed by atoms with van der Waals surface area (Å²) in [6, 6.07) is 20.0. The van der Waals surface area contributed by atoms with Gasteiger partial charge >= 0.3 is 0 Å². The van der Waals surface area contributed by atoms with Gasteiger partial charge in [-0.15, -0.1) is 0 Å². The van der Waals surface area contributed by atoms with Crippen molar-refractivity contribution in [1.82, 2.24) is 9.80 Å². The molecule has 2 aliphatic heterocycles. The van der Waals surface area contributed by atoms with Crippen LogP contribution in [0.3, 0.4) is 0 Å². The Balaban J connectivity index is 1.27. The van der Waals surface area contributed by atoms with Gasteiger partial charge in [0, 0.05) is 38.3 Å². The van der Waals surface area contributed by atoms with Crippen LogP contribution in [0.5, 0.6) is 5.75 Å². The van der Waals surface area contributed by atoms with Crippen LogP contribution in [-0.4, -0.2) is 60.3 Å². The SMILES string of the molecule is CCOc1ccc(N2C(=O)c3ccc(C(=O)N4CCN(Cc5ccccc5C)CC4)cc3C2=O)cc1. The van der Waals surface area contributed by atoms with E-state index in [0.717, 1.165) is 24.5 Å². The average Bonchev–Trinajstić information content (AvgIpc) is 3.15. The quantitative estimate of drug-likeness (QED) is 0.493. The van der Waals surface area contributed by atoms with E-state index in [1.165, 1.54) is 11.1 Å². The van der Waals surface area contributed by atoms with Crippen molar-refractivity contribution in [3.8, 4) is 5.75 Å². The second-order valence-electron chi connectivity index (χ2n) is 9.13. The summed E-state index contributed by atoms with van der Waals surface area (Å²) in [5, 5.41) is 0. The molecule has 0 aromatic heterocycles. The first-order valence-electron chi connectivity index (χ1n) is 12.3. The van der Waals surface area contributed by atoms with E-state index in [-0.39, 0.29) is 17.4 Å². The highest BCUT2D eigenvalue weighted by Gasteiger charge is 2.37. The van der Waals surface area contributed by atoms with Crippen molar-refractivity contribution in [3.63, 3.8) is 0 Å². The van der Waals surface area contributed by atoms with Crippen molar-refractivity contribution in [2.45, 2.75) is 20.4 Å². The Morgan fingerprint density at radius 1 is 0.861 bits per heavy atom. The minimum absolute atomic E-state index is 0.117. The number of carbonyl (C=O) groups excluding carboxylic acids is 3. The third-order valence-corrected chi connectivity index (χ3v) is 6.85. The third kappa shape index (κ3) is 4.50. The molecule has 1 fully saturated rings. The zero-order valence-electron chi connectivity index (χ0n) is 20.6. The number of benzene rings is 3. The maximum Gasteiger partial charge on any atom is 0.266 e. The van der Waals surface area contributed by atoms with Gasteiger partial charge in [0.15, 0.2) is 0 Å². The molecule has 0 N–H and O–H groups in total. The molecule has 3 aromatic rings. The Bertz CT molecular complexity index is 1310. The predicted molar refractivity (Wildman–Crippen MR) is 138 cm³/mol. The Labute approximate surface area is 210 Å². The molecular weight excluding hydrogens is 454 g/mol. The van der Waals surface area contributed by atoms with Gasteiger partial charge < -0.3 is 9.64 Å². The molecule has 0 aliphatic carbocycles. The van der Waals surface area contributed by atoms with E-state index in [2.05, 4.69) is 30.0 Å². The largest absolute Gasteiger partial charge is 0.494 e. The highest BCUT2D eigenvalue weighted by Crippen LogP contribution is 2.30. The number of fused-ring (bicyclic) bond motifs is 1. The number of anilines is 1. The molecule has 3 amide bonds. The normalized spacial score (nSPS) is 15.8. The van der Waals surface area contributed by atoms with Gasteiger partial charge in [0.1, 0.15) is 5.75 Å². The Hall–Kier alpha value is -3.97. The van der Waals surface area contributed by atoms with Crippen LogP contribution in [-0.2, 0) is 6.54 Å². The summed E-state index contributed by atoms with van der Waals surface area (Å²) < 4.78 is 5.45. The molecule has 2 heterocycles. The van der Waals surface area contributed by atoms with Gasteiger partial charge in [-0.3, -0.25) is 19.3 Å². The number of aryl methyl sites for hydroxylation is 1. The van der Waals surface area contributed by atoms with E-state index in [4.69, 9.17) is 4.74 Å². The van der Waals surface area contributed by atoms with Gasteiger partial charge in [0.2, 0.25) is 0 Å². The van der Waals surface area contributed by atoms with Crippen LogP contribution >= 0.6 is 0 Å². The lowest BCUT2D eigenvalue weighted by molar-refractivity contribution is 0.0628. The lowest BCUT2D eigenvalue weighted by Crippen LogP contribution is -2.48. The smallest absolute Gasteiger partial charge is 0.266 e. The number of imide groups is 1. The van der Waals surface area contributed by atoms with Gasteiger partial charge in [0.05, 0.1) is 23.4 Å². The number of carbonyl (C=O) groups is 3. The van der Waals surface area contributed by atoms with Crippen LogP contribution in [0.25, 0.3) is 0 Å². The maximum atomic E-state index is 13.2. The molecule has 36 heavy (non-hydrogen) atoms. The third-order valence-electron chi connectivity index (χ3n) is 6.85. The lowest BCUT2D eigenvalue weighted by atomic mass is 10.0. The van der Waals surface area contributed by atoms with E-state index < -0.39 is 5.91 Å². The first-order valence-corrected chi connectivity index (χ1v) is 12.3. The van der Waals surface area contributed by atoms with E-state index in [0.29, 0.717) is 42.3 Å². The average molecular weight is 484 g/mol. The minimum Gasteiger partial charge on any atom is -0.494 e. The molecule has 0 radical (unpaired) electrons. The van der Waals surface area contributed by atoms with Gasteiger partial charge in [-0.05, 0) is 67.4 Å². The number of ether oxygens (including phenoxy) is 1. The molecule has 0 spiro atoms. The zero-order chi connectivity index (χ0) is 25.2. The van der Waals surface area contributed by atoms with Gasteiger partial charge in [-0.2, -0.15) is 0 Å². The fourth-order valence-corrected chi connectivity index (χ4v) is 4.79. The maximum absolute atomic E-state index is 13.2. The number of hydrogen-bond acceptors (Lipinski definition) is 5. The molecule has 0 atom stereocenters. The number of nitrogens with zero attached hydrogens (tertiary/aromatic N) is 3. The second kappa shape index (κ2) is 9.95. The summed E-state index contributed by atoms with van der Waals surface area (Å²) >= 11 is 0. The van der Waals surface area contributed by atoms with Crippen molar-refractivity contribution >= 4 is 23.4 Å². The van der Waals surface area contributed by atoms with Crippen molar-refractivity contribution in [1.29, 1.82) is 0 Å². The molecule has 3 aromatic carbocycles. The zero-order valence-corrected chi connectivity index (χ0v) is 20.6. The van der Waals surface area contributed by atoms with E-state index in [9.17, 15) is 14.4 Å². The molecule has 7 heteroatoms. The summed E-state index contributed by atoms with van der Waals surface area (Å²) in [6.45, 7) is 8.22. The standard InChI is InChI=1S/C29H29N3O4/c1-3-36-24-11-9-23(10-12-24)32-28(34)25-13-8-21(18-26(25)29(32)35)27(33)31-16-14-30(15-17-31)19-22-7-5-4-6-20(22)2/h4-13,18H,3,14-17,19H2,1-2H3. The van der Waals surface area contributed by atoms with Crippen LogP contribution < -0.4 is 9.64 Å². The molecular formula is C29H29N3O4.